The van der Waals surface area contributed by atoms with Gasteiger partial charge < -0.3 is 9.84 Å². The number of aliphatic carboxylic acids is 1. The molecule has 0 saturated carbocycles. The lowest BCUT2D eigenvalue weighted by molar-refractivity contribution is -0.138. The molecule has 19 heavy (non-hydrogen) atoms. The monoisotopic (exact) mass is 276 g/mol. The fourth-order valence-electron chi connectivity index (χ4n) is 1.63. The number of hydrogen-bond acceptors (Lipinski definition) is 2. The van der Waals surface area contributed by atoms with Crippen molar-refractivity contribution in [2.45, 2.75) is 12.8 Å². The molecule has 98 valence electrons. The van der Waals surface area contributed by atoms with Crippen molar-refractivity contribution in [3.8, 4) is 11.5 Å². The van der Waals surface area contributed by atoms with Crippen LogP contribution in [0.4, 0.5) is 0 Å². The second-order valence-corrected chi connectivity index (χ2v) is 4.57. The van der Waals surface area contributed by atoms with Gasteiger partial charge in [-0.2, -0.15) is 0 Å². The first kappa shape index (κ1) is 13.4. The van der Waals surface area contributed by atoms with Crippen molar-refractivity contribution in [3.63, 3.8) is 0 Å². The first-order chi connectivity index (χ1) is 9.08. The molecular formula is C15H13ClO3. The fourth-order valence-corrected chi connectivity index (χ4v) is 1.78. The van der Waals surface area contributed by atoms with E-state index in [2.05, 4.69) is 0 Å². The maximum absolute atomic E-state index is 11.0. The number of benzene rings is 2. The van der Waals surface area contributed by atoms with Crippen molar-refractivity contribution < 1.29 is 14.6 Å². The molecule has 0 radical (unpaired) electrons. The number of ether oxygens (including phenoxy) is 1. The third-order valence-corrected chi connectivity index (χ3v) is 3.11. The van der Waals surface area contributed by atoms with Crippen molar-refractivity contribution >= 4 is 17.6 Å². The van der Waals surface area contributed by atoms with Gasteiger partial charge in [0, 0.05) is 0 Å². The van der Waals surface area contributed by atoms with Gasteiger partial charge in [0.2, 0.25) is 0 Å². The summed E-state index contributed by atoms with van der Waals surface area (Å²) in [7, 11) is 0. The van der Waals surface area contributed by atoms with Crippen LogP contribution in [0.1, 0.15) is 18.4 Å². The van der Waals surface area contributed by atoms with Gasteiger partial charge in [0.1, 0.15) is 11.5 Å². The quantitative estimate of drug-likeness (QED) is 0.904. The maximum Gasteiger partial charge on any atom is 0.310 e. The average molecular weight is 277 g/mol. The molecule has 2 rings (SSSR count). The van der Waals surface area contributed by atoms with Gasteiger partial charge in [0.25, 0.3) is 0 Å². The summed E-state index contributed by atoms with van der Waals surface area (Å²) in [5.74, 6) is -0.369. The Bertz CT molecular complexity index is 581. The van der Waals surface area contributed by atoms with Gasteiger partial charge in [-0.05, 0) is 36.8 Å². The van der Waals surface area contributed by atoms with Crippen LogP contribution in [0.2, 0.25) is 5.02 Å². The molecule has 0 aliphatic rings. The molecule has 0 spiro atoms. The predicted octanol–water partition coefficient (Wildman–Crippen LogP) is 4.32. The van der Waals surface area contributed by atoms with E-state index in [1.54, 1.807) is 25.1 Å². The molecule has 1 unspecified atom stereocenters. The second-order valence-electron chi connectivity index (χ2n) is 4.16. The van der Waals surface area contributed by atoms with Crippen LogP contribution in [-0.2, 0) is 4.79 Å². The average Bonchev–Trinajstić information content (AvgIpc) is 2.41. The van der Waals surface area contributed by atoms with Crippen LogP contribution in [0.3, 0.4) is 0 Å². The number of carbonyl (C=O) groups is 1. The summed E-state index contributed by atoms with van der Waals surface area (Å²) in [6.45, 7) is 1.62. The first-order valence-electron chi connectivity index (χ1n) is 5.83. The van der Waals surface area contributed by atoms with Crippen LogP contribution in [0, 0.1) is 0 Å². The predicted molar refractivity (Wildman–Crippen MR) is 74.0 cm³/mol. The summed E-state index contributed by atoms with van der Waals surface area (Å²) in [4.78, 5) is 11.0. The number of halogens is 1. The van der Waals surface area contributed by atoms with Gasteiger partial charge in [0.15, 0.2) is 0 Å². The maximum atomic E-state index is 11.0. The topological polar surface area (TPSA) is 46.5 Å². The van der Waals surface area contributed by atoms with Crippen molar-refractivity contribution in [1.82, 2.24) is 0 Å². The van der Waals surface area contributed by atoms with E-state index in [1.165, 1.54) is 0 Å². The summed E-state index contributed by atoms with van der Waals surface area (Å²) in [6.07, 6.45) is 0. The molecule has 4 heteroatoms. The standard InChI is InChI=1S/C15H13ClO3/c1-10(15(17)18)11-7-8-13(16)14(9-11)19-12-5-3-2-4-6-12/h2-10H,1H3,(H,17,18). The Morgan fingerprint density at radius 3 is 2.53 bits per heavy atom. The summed E-state index contributed by atoms with van der Waals surface area (Å²) >= 11 is 6.06. The normalized spacial score (nSPS) is 11.9. The Kier molecular flexibility index (Phi) is 4.07. The van der Waals surface area contributed by atoms with Crippen LogP contribution in [0.25, 0.3) is 0 Å². The minimum atomic E-state index is -0.881. The van der Waals surface area contributed by atoms with E-state index < -0.39 is 11.9 Å². The third kappa shape index (κ3) is 3.26. The zero-order valence-electron chi connectivity index (χ0n) is 10.3. The number of carboxylic acids is 1. The molecule has 3 nitrogen and oxygen atoms in total. The molecule has 0 fully saturated rings. The van der Waals surface area contributed by atoms with E-state index >= 15 is 0 Å². The molecule has 0 heterocycles. The molecule has 1 atom stereocenters. The van der Waals surface area contributed by atoms with E-state index in [0.717, 1.165) is 0 Å². The molecule has 0 aromatic heterocycles. The molecular weight excluding hydrogens is 264 g/mol. The lowest BCUT2D eigenvalue weighted by Gasteiger charge is -2.11. The van der Waals surface area contributed by atoms with Crippen molar-refractivity contribution in [3.05, 3.63) is 59.1 Å². The summed E-state index contributed by atoms with van der Waals surface area (Å²) in [6, 6.07) is 14.2. The van der Waals surface area contributed by atoms with Crippen LogP contribution in [0.15, 0.2) is 48.5 Å². The zero-order valence-corrected chi connectivity index (χ0v) is 11.1. The molecule has 0 aliphatic carbocycles. The van der Waals surface area contributed by atoms with Crippen LogP contribution in [-0.4, -0.2) is 11.1 Å². The van der Waals surface area contributed by atoms with E-state index in [-0.39, 0.29) is 0 Å². The minimum absolute atomic E-state index is 0.449. The van der Waals surface area contributed by atoms with Gasteiger partial charge in [-0.15, -0.1) is 0 Å². The fraction of sp³-hybridized carbons (Fsp3) is 0.133. The van der Waals surface area contributed by atoms with Gasteiger partial charge in [-0.25, -0.2) is 0 Å². The highest BCUT2D eigenvalue weighted by Crippen LogP contribution is 2.32. The molecule has 1 N–H and O–H groups in total. The van der Waals surface area contributed by atoms with E-state index in [0.29, 0.717) is 22.1 Å². The Morgan fingerprint density at radius 2 is 1.89 bits per heavy atom. The lowest BCUT2D eigenvalue weighted by Crippen LogP contribution is -2.07. The van der Waals surface area contributed by atoms with Gasteiger partial charge in [0.05, 0.1) is 10.9 Å². The van der Waals surface area contributed by atoms with Crippen LogP contribution in [0.5, 0.6) is 11.5 Å². The minimum Gasteiger partial charge on any atom is -0.481 e. The van der Waals surface area contributed by atoms with E-state index in [9.17, 15) is 4.79 Å². The number of carboxylic acid groups (broad SMARTS) is 1. The molecule has 2 aromatic carbocycles. The third-order valence-electron chi connectivity index (χ3n) is 2.80. The highest BCUT2D eigenvalue weighted by Gasteiger charge is 2.15. The smallest absolute Gasteiger partial charge is 0.310 e. The lowest BCUT2D eigenvalue weighted by atomic mass is 10.0. The molecule has 0 aliphatic heterocycles. The van der Waals surface area contributed by atoms with Crippen LogP contribution < -0.4 is 4.74 Å². The van der Waals surface area contributed by atoms with Gasteiger partial charge in [-0.3, -0.25) is 4.79 Å². The first-order valence-corrected chi connectivity index (χ1v) is 6.21. The number of hydrogen-bond donors (Lipinski definition) is 1. The summed E-state index contributed by atoms with van der Waals surface area (Å²) in [5.41, 5.74) is 0.655. The zero-order chi connectivity index (χ0) is 13.8. The van der Waals surface area contributed by atoms with E-state index in [4.69, 9.17) is 21.4 Å². The summed E-state index contributed by atoms with van der Waals surface area (Å²) < 4.78 is 5.65. The second kappa shape index (κ2) is 5.76. The van der Waals surface area contributed by atoms with Crippen LogP contribution >= 0.6 is 11.6 Å². The summed E-state index contributed by atoms with van der Waals surface area (Å²) in [5, 5.41) is 9.46. The van der Waals surface area contributed by atoms with E-state index in [1.807, 2.05) is 30.3 Å². The van der Waals surface area contributed by atoms with Crippen molar-refractivity contribution in [1.29, 1.82) is 0 Å². The van der Waals surface area contributed by atoms with Crippen molar-refractivity contribution in [2.24, 2.45) is 0 Å². The number of para-hydroxylation sites is 1. The number of rotatable bonds is 4. The molecule has 0 saturated heterocycles. The highest BCUT2D eigenvalue weighted by atomic mass is 35.5. The van der Waals surface area contributed by atoms with Crippen molar-refractivity contribution in [2.75, 3.05) is 0 Å². The van der Waals surface area contributed by atoms with Gasteiger partial charge in [-0.1, -0.05) is 35.9 Å². The molecule has 0 amide bonds. The highest BCUT2D eigenvalue weighted by molar-refractivity contribution is 6.32. The Labute approximate surface area is 116 Å². The molecule has 2 aromatic rings. The Morgan fingerprint density at radius 1 is 1.21 bits per heavy atom. The van der Waals surface area contributed by atoms with Gasteiger partial charge >= 0.3 is 5.97 Å². The Hall–Kier alpha value is -2.00. The largest absolute Gasteiger partial charge is 0.481 e. The Balaban J connectivity index is 2.30. The molecule has 0 bridgehead atoms. The SMILES string of the molecule is CC(C(=O)O)c1ccc(Cl)c(Oc2ccccc2)c1.